The zero-order chi connectivity index (χ0) is 18.1. The van der Waals surface area contributed by atoms with Gasteiger partial charge < -0.3 is 4.74 Å². The Balaban J connectivity index is 2.14. The third-order valence-electron chi connectivity index (χ3n) is 4.16. The quantitative estimate of drug-likeness (QED) is 0.561. The number of hydrogen-bond donors (Lipinski definition) is 0. The first-order chi connectivity index (χ1) is 12.7. The van der Waals surface area contributed by atoms with E-state index in [1.54, 1.807) is 42.5 Å². The fourth-order valence-electron chi connectivity index (χ4n) is 3.00. The molecule has 2 aromatic heterocycles. The molecular formula is C20H13FN4O. The van der Waals surface area contributed by atoms with Crippen LogP contribution in [0.2, 0.25) is 0 Å². The molecule has 0 aliphatic rings. The number of nitrogens with zero attached hydrogens (tertiary/aromatic N) is 4. The van der Waals surface area contributed by atoms with E-state index in [4.69, 9.17) is 4.74 Å². The molecule has 4 aromatic rings. The van der Waals surface area contributed by atoms with Crippen molar-refractivity contribution in [2.75, 3.05) is 7.11 Å². The molecule has 26 heavy (non-hydrogen) atoms. The minimum Gasteiger partial charge on any atom is -0.497 e. The van der Waals surface area contributed by atoms with Crippen molar-refractivity contribution in [3.63, 3.8) is 0 Å². The highest BCUT2D eigenvalue weighted by Gasteiger charge is 2.17. The molecule has 0 spiro atoms. The van der Waals surface area contributed by atoms with Gasteiger partial charge in [0.2, 0.25) is 0 Å². The molecule has 0 saturated heterocycles. The molecule has 0 aliphatic heterocycles. The minimum atomic E-state index is -0.374. The lowest BCUT2D eigenvalue weighted by atomic mass is 9.96. The summed E-state index contributed by atoms with van der Waals surface area (Å²) >= 11 is 0. The molecule has 0 radical (unpaired) electrons. The van der Waals surface area contributed by atoms with Crippen LogP contribution in [-0.2, 0) is 0 Å². The Bertz CT molecular complexity index is 1150. The molecule has 0 fully saturated rings. The zero-order valence-electron chi connectivity index (χ0n) is 13.8. The second-order valence-corrected chi connectivity index (χ2v) is 5.66. The van der Waals surface area contributed by atoms with Gasteiger partial charge in [-0.15, -0.1) is 0 Å². The predicted molar refractivity (Wildman–Crippen MR) is 95.5 cm³/mol. The fraction of sp³-hybridized carbons (Fsp3) is 0.0500. The summed E-state index contributed by atoms with van der Waals surface area (Å²) in [6, 6.07) is 13.8. The third-order valence-corrected chi connectivity index (χ3v) is 4.16. The summed E-state index contributed by atoms with van der Waals surface area (Å²) in [5.74, 6) is 0.847. The first-order valence-electron chi connectivity index (χ1n) is 7.87. The van der Waals surface area contributed by atoms with Crippen molar-refractivity contribution in [3.8, 4) is 28.8 Å². The molecule has 0 bridgehead atoms. The Kier molecular flexibility index (Phi) is 3.82. The average Bonchev–Trinajstić information content (AvgIpc) is 3.20. The monoisotopic (exact) mass is 344 g/mol. The maximum atomic E-state index is 13.8. The van der Waals surface area contributed by atoms with Crippen LogP contribution in [0.15, 0.2) is 61.2 Å². The summed E-state index contributed by atoms with van der Waals surface area (Å²) in [6.07, 6.45) is 5.02. The van der Waals surface area contributed by atoms with Crippen LogP contribution in [0.3, 0.4) is 0 Å². The van der Waals surface area contributed by atoms with Gasteiger partial charge in [0.15, 0.2) is 5.69 Å². The van der Waals surface area contributed by atoms with Crippen LogP contribution in [0.1, 0.15) is 5.69 Å². The van der Waals surface area contributed by atoms with Crippen molar-refractivity contribution in [2.24, 2.45) is 0 Å². The van der Waals surface area contributed by atoms with E-state index in [0.29, 0.717) is 22.7 Å². The molecule has 0 unspecified atom stereocenters. The number of aromatic nitrogens is 3. The summed E-state index contributed by atoms with van der Waals surface area (Å²) in [4.78, 5) is 8.57. The number of ether oxygens (including phenoxy) is 1. The van der Waals surface area contributed by atoms with Crippen LogP contribution < -0.4 is 4.74 Å². The summed E-state index contributed by atoms with van der Waals surface area (Å²) < 4.78 is 20.9. The van der Waals surface area contributed by atoms with E-state index < -0.39 is 0 Å². The normalized spacial score (nSPS) is 10.7. The molecule has 4 rings (SSSR count). The molecule has 0 aliphatic carbocycles. The Hall–Kier alpha value is -3.72. The van der Waals surface area contributed by atoms with E-state index in [1.807, 2.05) is 18.2 Å². The lowest BCUT2D eigenvalue weighted by Crippen LogP contribution is -2.02. The van der Waals surface area contributed by atoms with Crippen molar-refractivity contribution >= 4 is 10.8 Å². The van der Waals surface area contributed by atoms with Crippen molar-refractivity contribution in [3.05, 3.63) is 72.7 Å². The van der Waals surface area contributed by atoms with Gasteiger partial charge in [-0.05, 0) is 41.3 Å². The molecule has 2 aromatic carbocycles. The minimum absolute atomic E-state index is 0.208. The van der Waals surface area contributed by atoms with Crippen LogP contribution in [0.5, 0.6) is 5.75 Å². The molecule has 126 valence electrons. The standard InChI is InChI=1S/C20H13FN4O/c1-26-15-5-6-16-17(10-15)19(13-3-2-4-14(21)9-13)18(11-22)24-20(16)25-8-7-23-12-25/h2-10,12H,1H3. The number of imidazole rings is 1. The number of benzene rings is 2. The van der Waals surface area contributed by atoms with Gasteiger partial charge in [0.05, 0.1) is 7.11 Å². The van der Waals surface area contributed by atoms with Crippen molar-refractivity contribution in [2.45, 2.75) is 0 Å². The molecule has 6 heteroatoms. The Morgan fingerprint density at radius 2 is 2.04 bits per heavy atom. The van der Waals surface area contributed by atoms with Crippen molar-refractivity contribution in [1.82, 2.24) is 14.5 Å². The number of hydrogen-bond acceptors (Lipinski definition) is 4. The Morgan fingerprint density at radius 1 is 1.15 bits per heavy atom. The zero-order valence-corrected chi connectivity index (χ0v) is 13.8. The Morgan fingerprint density at radius 3 is 2.73 bits per heavy atom. The van der Waals surface area contributed by atoms with Gasteiger partial charge in [0.1, 0.15) is 29.8 Å². The smallest absolute Gasteiger partial charge is 0.151 e. The average molecular weight is 344 g/mol. The summed E-state index contributed by atoms with van der Waals surface area (Å²) in [5, 5.41) is 11.3. The van der Waals surface area contributed by atoms with Gasteiger partial charge in [-0.3, -0.25) is 4.57 Å². The van der Waals surface area contributed by atoms with E-state index in [0.717, 1.165) is 10.8 Å². The maximum absolute atomic E-state index is 13.8. The van der Waals surface area contributed by atoms with E-state index in [2.05, 4.69) is 16.0 Å². The number of methoxy groups -OCH3 is 1. The van der Waals surface area contributed by atoms with Gasteiger partial charge >= 0.3 is 0 Å². The second-order valence-electron chi connectivity index (χ2n) is 5.66. The van der Waals surface area contributed by atoms with Gasteiger partial charge in [-0.2, -0.15) is 5.26 Å². The van der Waals surface area contributed by atoms with E-state index in [1.165, 1.54) is 12.1 Å². The van der Waals surface area contributed by atoms with Crippen molar-refractivity contribution in [1.29, 1.82) is 5.26 Å². The van der Waals surface area contributed by atoms with Gasteiger partial charge in [0, 0.05) is 23.3 Å². The number of rotatable bonds is 3. The van der Waals surface area contributed by atoms with Gasteiger partial charge in [0.25, 0.3) is 0 Å². The van der Waals surface area contributed by atoms with E-state index >= 15 is 0 Å². The van der Waals surface area contributed by atoms with Crippen LogP contribution in [0.25, 0.3) is 27.7 Å². The highest BCUT2D eigenvalue weighted by Crippen LogP contribution is 2.36. The highest BCUT2D eigenvalue weighted by atomic mass is 19.1. The first-order valence-corrected chi connectivity index (χ1v) is 7.87. The number of nitriles is 1. The largest absolute Gasteiger partial charge is 0.497 e. The summed E-state index contributed by atoms with van der Waals surface area (Å²) in [5.41, 5.74) is 1.37. The molecule has 0 atom stereocenters. The van der Waals surface area contributed by atoms with Crippen LogP contribution in [0.4, 0.5) is 4.39 Å². The van der Waals surface area contributed by atoms with Crippen LogP contribution >= 0.6 is 0 Å². The van der Waals surface area contributed by atoms with Crippen molar-refractivity contribution < 1.29 is 9.13 Å². The molecule has 5 nitrogen and oxygen atoms in total. The fourth-order valence-corrected chi connectivity index (χ4v) is 3.00. The van der Waals surface area contributed by atoms with Crippen LogP contribution in [0, 0.1) is 17.1 Å². The predicted octanol–water partition coefficient (Wildman–Crippen LogP) is 4.11. The lowest BCUT2D eigenvalue weighted by molar-refractivity contribution is 0.415. The topological polar surface area (TPSA) is 63.7 Å². The summed E-state index contributed by atoms with van der Waals surface area (Å²) in [6.45, 7) is 0. The Labute approximate surface area is 148 Å². The first kappa shape index (κ1) is 15.8. The number of fused-ring (bicyclic) bond motifs is 1. The lowest BCUT2D eigenvalue weighted by Gasteiger charge is -2.14. The molecule has 0 amide bonds. The third kappa shape index (κ3) is 2.56. The second kappa shape index (κ2) is 6.30. The SMILES string of the molecule is COc1ccc2c(-n3ccnc3)nc(C#N)c(-c3cccc(F)c3)c2c1. The number of pyridine rings is 1. The molecular weight excluding hydrogens is 331 g/mol. The van der Waals surface area contributed by atoms with E-state index in [9.17, 15) is 9.65 Å². The van der Waals surface area contributed by atoms with Gasteiger partial charge in [-0.25, -0.2) is 14.4 Å². The van der Waals surface area contributed by atoms with Gasteiger partial charge in [-0.1, -0.05) is 12.1 Å². The highest BCUT2D eigenvalue weighted by molar-refractivity contribution is 6.02. The van der Waals surface area contributed by atoms with E-state index in [-0.39, 0.29) is 11.5 Å². The number of halogens is 1. The summed E-state index contributed by atoms with van der Waals surface area (Å²) in [7, 11) is 1.58. The molecule has 0 saturated carbocycles. The molecule has 0 N–H and O–H groups in total. The van der Waals surface area contributed by atoms with Crippen LogP contribution in [-0.4, -0.2) is 21.6 Å². The maximum Gasteiger partial charge on any atom is 0.151 e. The molecule has 2 heterocycles.